The molecule has 1 N–H and O–H groups in total. The van der Waals surface area contributed by atoms with Crippen molar-refractivity contribution < 1.29 is 28.2 Å². The molecular formula is C34H44FN5O5. The van der Waals surface area contributed by atoms with Crippen LogP contribution in [0.25, 0.3) is 10.9 Å². The Kier molecular flexibility index (Phi) is 8.95. The van der Waals surface area contributed by atoms with Crippen LogP contribution in [-0.4, -0.2) is 79.0 Å². The third-order valence-corrected chi connectivity index (χ3v) is 8.65. The molecular weight excluding hydrogens is 577 g/mol. The largest absolute Gasteiger partial charge is 0.494 e. The number of likely N-dealkylation sites (N-methyl/N-ethyl adjacent to an activating group) is 1. The molecule has 3 heterocycles. The third-order valence-electron chi connectivity index (χ3n) is 8.65. The van der Waals surface area contributed by atoms with Crippen molar-refractivity contribution in [1.29, 1.82) is 0 Å². The van der Waals surface area contributed by atoms with Crippen molar-refractivity contribution in [2.75, 3.05) is 45.9 Å². The van der Waals surface area contributed by atoms with Gasteiger partial charge in [0.2, 0.25) is 0 Å². The van der Waals surface area contributed by atoms with Crippen LogP contribution < -0.4 is 15.0 Å². The van der Waals surface area contributed by atoms with Gasteiger partial charge >= 0.3 is 6.09 Å². The molecule has 45 heavy (non-hydrogen) atoms. The molecule has 2 amide bonds. The molecule has 5 rings (SSSR count). The molecule has 242 valence electrons. The van der Waals surface area contributed by atoms with Crippen LogP contribution in [0.4, 0.5) is 14.9 Å². The molecule has 10 nitrogen and oxygen atoms in total. The second kappa shape index (κ2) is 12.4. The van der Waals surface area contributed by atoms with E-state index in [0.717, 1.165) is 40.8 Å². The van der Waals surface area contributed by atoms with E-state index in [9.17, 15) is 14.0 Å². The summed E-state index contributed by atoms with van der Waals surface area (Å²) >= 11 is 0. The summed E-state index contributed by atoms with van der Waals surface area (Å²) in [5.74, 6) is -0.327. The van der Waals surface area contributed by atoms with E-state index < -0.39 is 29.1 Å². The average Bonchev–Trinajstić information content (AvgIpc) is 3.74. The number of benzene rings is 1. The number of carbonyl (C=O) groups excluding carboxylic acids is 2. The lowest BCUT2D eigenvalue weighted by Crippen LogP contribution is -2.55. The van der Waals surface area contributed by atoms with E-state index in [-0.39, 0.29) is 11.7 Å². The van der Waals surface area contributed by atoms with Crippen molar-refractivity contribution >= 4 is 28.6 Å². The maximum atomic E-state index is 14.1. The van der Waals surface area contributed by atoms with Gasteiger partial charge in [-0.3, -0.25) is 14.8 Å². The van der Waals surface area contributed by atoms with Gasteiger partial charge in [-0.05, 0) is 77.6 Å². The Morgan fingerprint density at radius 1 is 1.22 bits per heavy atom. The zero-order valence-electron chi connectivity index (χ0n) is 27.5. The number of ether oxygens (including phenoxy) is 3. The van der Waals surface area contributed by atoms with Gasteiger partial charge in [0.05, 0.1) is 47.8 Å². The van der Waals surface area contributed by atoms with Gasteiger partial charge in [-0.2, -0.15) is 0 Å². The number of halogens is 1. The molecule has 1 aliphatic carbocycles. The number of anilines is 1. The molecule has 1 aliphatic heterocycles. The molecule has 1 saturated carbocycles. The Morgan fingerprint density at radius 3 is 2.60 bits per heavy atom. The number of carbonyl (C=O) groups is 2. The Hall–Kier alpha value is -3.99. The molecule has 2 atom stereocenters. The summed E-state index contributed by atoms with van der Waals surface area (Å²) in [4.78, 5) is 40.8. The van der Waals surface area contributed by atoms with Crippen molar-refractivity contribution in [2.24, 2.45) is 0 Å². The van der Waals surface area contributed by atoms with E-state index in [1.54, 1.807) is 37.4 Å². The molecule has 2 aliphatic rings. The molecule has 2 fully saturated rings. The molecule has 1 aromatic carbocycles. The van der Waals surface area contributed by atoms with Gasteiger partial charge < -0.3 is 29.3 Å². The number of pyridine rings is 2. The Labute approximate surface area is 264 Å². The minimum atomic E-state index is -0.695. The number of nitrogens with zero attached hydrogens (tertiary/aromatic N) is 4. The SMILES string of the molecule is COCC1(N(C)C(=O)OC(C)(C)C)CCN(c2c(C(=O)N[C@@H](C)c3ccc(F)c(OC)c3)cnc3c(C4CC4)nc(C)cc23)C1. The van der Waals surface area contributed by atoms with Crippen LogP contribution in [-0.2, 0) is 9.47 Å². The highest BCUT2D eigenvalue weighted by molar-refractivity contribution is 6.08. The van der Waals surface area contributed by atoms with Gasteiger partial charge in [0.1, 0.15) is 5.60 Å². The van der Waals surface area contributed by atoms with Crippen LogP contribution in [0.2, 0.25) is 0 Å². The quantitative estimate of drug-likeness (QED) is 0.314. The number of rotatable bonds is 9. The molecule has 1 saturated heterocycles. The summed E-state index contributed by atoms with van der Waals surface area (Å²) in [6.07, 6.45) is 3.92. The number of aryl methyl sites for hydroxylation is 1. The highest BCUT2D eigenvalue weighted by atomic mass is 19.1. The van der Waals surface area contributed by atoms with Crippen LogP contribution in [0.5, 0.6) is 5.75 Å². The Bertz CT molecular complexity index is 1600. The first kappa shape index (κ1) is 32.4. The van der Waals surface area contributed by atoms with E-state index in [1.165, 1.54) is 13.2 Å². The predicted octanol–water partition coefficient (Wildman–Crippen LogP) is 5.92. The molecule has 0 spiro atoms. The molecule has 1 unspecified atom stereocenters. The molecule has 11 heteroatoms. The lowest BCUT2D eigenvalue weighted by molar-refractivity contribution is -0.00995. The van der Waals surface area contributed by atoms with Gasteiger partial charge in [-0.25, -0.2) is 9.18 Å². The van der Waals surface area contributed by atoms with Gasteiger partial charge in [0, 0.05) is 50.4 Å². The number of nitrogens with one attached hydrogen (secondary N) is 1. The summed E-state index contributed by atoms with van der Waals surface area (Å²) in [6, 6.07) is 6.09. The first-order valence-electron chi connectivity index (χ1n) is 15.4. The zero-order chi connectivity index (χ0) is 32.7. The number of hydrogen-bond acceptors (Lipinski definition) is 8. The van der Waals surface area contributed by atoms with Gasteiger partial charge in [0.25, 0.3) is 5.91 Å². The molecule has 0 radical (unpaired) electrons. The first-order chi connectivity index (χ1) is 21.3. The number of amides is 2. The fourth-order valence-corrected chi connectivity index (χ4v) is 6.12. The molecule has 3 aromatic rings. The second-order valence-electron chi connectivity index (χ2n) is 13.3. The van der Waals surface area contributed by atoms with Crippen LogP contribution in [0.15, 0.2) is 30.5 Å². The highest BCUT2D eigenvalue weighted by Crippen LogP contribution is 2.44. The zero-order valence-corrected chi connectivity index (χ0v) is 27.5. The number of methoxy groups -OCH3 is 2. The van der Waals surface area contributed by atoms with Crippen molar-refractivity contribution in [1.82, 2.24) is 20.2 Å². The van der Waals surface area contributed by atoms with Crippen molar-refractivity contribution in [2.45, 2.75) is 77.0 Å². The molecule has 2 aromatic heterocycles. The standard InChI is InChI=1S/C34H44FN5O5/c1-20-15-24-29(28(37-20)22-9-10-22)36-17-25(31(41)38-21(2)23-11-12-26(35)27(16-23)44-8)30(24)40-14-13-34(18-40,19-43-7)39(6)32(42)45-33(3,4)5/h11-12,15-17,21-22H,9-10,13-14,18-19H2,1-8H3,(H,38,41)/t21-,34?/m0/s1. The van der Waals surface area contributed by atoms with Gasteiger partial charge in [-0.15, -0.1) is 0 Å². The first-order valence-corrected chi connectivity index (χ1v) is 15.4. The van der Waals surface area contributed by atoms with Crippen LogP contribution in [0, 0.1) is 12.7 Å². The van der Waals surface area contributed by atoms with E-state index in [2.05, 4.69) is 10.2 Å². The lowest BCUT2D eigenvalue weighted by atomic mass is 9.98. The summed E-state index contributed by atoms with van der Waals surface area (Å²) in [5.41, 5.74) is 3.10. The maximum absolute atomic E-state index is 14.1. The summed E-state index contributed by atoms with van der Waals surface area (Å²) in [7, 11) is 4.77. The minimum absolute atomic E-state index is 0.109. The monoisotopic (exact) mass is 621 g/mol. The van der Waals surface area contributed by atoms with Crippen LogP contribution in [0.3, 0.4) is 0 Å². The third kappa shape index (κ3) is 6.68. The number of aromatic nitrogens is 2. The molecule has 0 bridgehead atoms. The lowest BCUT2D eigenvalue weighted by Gasteiger charge is -2.39. The summed E-state index contributed by atoms with van der Waals surface area (Å²) in [5, 5.41) is 3.93. The van der Waals surface area contributed by atoms with E-state index in [0.29, 0.717) is 43.2 Å². The predicted molar refractivity (Wildman–Crippen MR) is 171 cm³/mol. The topological polar surface area (TPSA) is 106 Å². The van der Waals surface area contributed by atoms with E-state index in [1.807, 2.05) is 40.7 Å². The fourth-order valence-electron chi connectivity index (χ4n) is 6.12. The maximum Gasteiger partial charge on any atom is 0.410 e. The smallest absolute Gasteiger partial charge is 0.410 e. The highest BCUT2D eigenvalue weighted by Gasteiger charge is 2.46. The van der Waals surface area contributed by atoms with Crippen molar-refractivity contribution in [3.8, 4) is 5.75 Å². The van der Waals surface area contributed by atoms with E-state index in [4.69, 9.17) is 24.2 Å². The Balaban J connectivity index is 1.56. The van der Waals surface area contributed by atoms with Gasteiger partial charge in [0.15, 0.2) is 11.6 Å². The minimum Gasteiger partial charge on any atom is -0.494 e. The summed E-state index contributed by atoms with van der Waals surface area (Å²) in [6.45, 7) is 10.6. The van der Waals surface area contributed by atoms with Crippen molar-refractivity contribution in [3.05, 3.63) is 58.8 Å². The van der Waals surface area contributed by atoms with Gasteiger partial charge in [-0.1, -0.05) is 6.07 Å². The Morgan fingerprint density at radius 2 is 1.96 bits per heavy atom. The fraction of sp³-hybridized carbons (Fsp3) is 0.529. The van der Waals surface area contributed by atoms with Crippen LogP contribution >= 0.6 is 0 Å². The number of hydrogen-bond donors (Lipinski definition) is 1. The number of fused-ring (bicyclic) bond motifs is 1. The van der Waals surface area contributed by atoms with Crippen LogP contribution in [0.1, 0.15) is 86.2 Å². The second-order valence-corrected chi connectivity index (χ2v) is 13.3. The van der Waals surface area contributed by atoms with Crippen molar-refractivity contribution in [3.63, 3.8) is 0 Å². The average molecular weight is 622 g/mol. The van der Waals surface area contributed by atoms with E-state index >= 15 is 0 Å². The summed E-state index contributed by atoms with van der Waals surface area (Å²) < 4.78 is 30.6. The normalized spacial score (nSPS) is 19.0.